The number of aromatic nitrogens is 1. The molecule has 34 heavy (non-hydrogen) atoms. The largest absolute Gasteiger partial charge is 0.448 e. The van der Waals surface area contributed by atoms with Crippen LogP contribution in [0.25, 0.3) is 11.3 Å². The lowest BCUT2D eigenvalue weighted by molar-refractivity contribution is -0.385. The van der Waals surface area contributed by atoms with Crippen LogP contribution in [0.15, 0.2) is 54.7 Å². The Morgan fingerprint density at radius 2 is 1.82 bits per heavy atom. The minimum absolute atomic E-state index is 0.00968. The molecule has 0 N–H and O–H groups in total. The molecule has 3 aromatic rings. The highest BCUT2D eigenvalue weighted by Gasteiger charge is 2.49. The van der Waals surface area contributed by atoms with E-state index in [2.05, 4.69) is 4.98 Å². The second kappa shape index (κ2) is 8.88. The summed E-state index contributed by atoms with van der Waals surface area (Å²) in [6.45, 7) is 4.77. The van der Waals surface area contributed by atoms with Gasteiger partial charge in [0.05, 0.1) is 23.4 Å². The molecule has 0 unspecified atom stereocenters. The third-order valence-corrected chi connectivity index (χ3v) is 8.24. The van der Waals surface area contributed by atoms with Crippen LogP contribution in [-0.4, -0.2) is 45.4 Å². The molecule has 11 heteroatoms. The second-order valence-corrected chi connectivity index (χ2v) is 10.6. The number of halogens is 1. The van der Waals surface area contributed by atoms with Crippen LogP contribution in [-0.2, 0) is 15.7 Å². The van der Waals surface area contributed by atoms with Gasteiger partial charge in [-0.25, -0.2) is 13.7 Å². The molecule has 0 aliphatic carbocycles. The molecular weight excluding hydrogens is 462 g/mol. The van der Waals surface area contributed by atoms with Crippen molar-refractivity contribution < 1.29 is 23.1 Å². The molecule has 1 aromatic heterocycles. The Labute approximate surface area is 195 Å². The summed E-state index contributed by atoms with van der Waals surface area (Å²) in [7, 11) is -3.01. The summed E-state index contributed by atoms with van der Waals surface area (Å²) in [6, 6.07) is 12.4. The molecule has 2 aromatic carbocycles. The Kier molecular flexibility index (Phi) is 5.91. The van der Waals surface area contributed by atoms with E-state index in [4.69, 9.17) is 9.26 Å². The summed E-state index contributed by atoms with van der Waals surface area (Å²) in [6.07, 6.45) is 1.39. The summed E-state index contributed by atoms with van der Waals surface area (Å²) >= 11 is 0. The van der Waals surface area contributed by atoms with E-state index in [9.17, 15) is 19.1 Å². The summed E-state index contributed by atoms with van der Waals surface area (Å²) < 4.78 is 42.5. The van der Waals surface area contributed by atoms with Gasteiger partial charge >= 0.3 is 13.4 Å². The minimum atomic E-state index is -3.01. The summed E-state index contributed by atoms with van der Waals surface area (Å²) in [5.74, 6) is -0.112. The van der Waals surface area contributed by atoms with Crippen LogP contribution in [0, 0.1) is 22.9 Å². The van der Waals surface area contributed by atoms with Gasteiger partial charge in [0, 0.05) is 37.8 Å². The van der Waals surface area contributed by atoms with E-state index in [0.717, 1.165) is 31.7 Å². The Morgan fingerprint density at radius 1 is 1.09 bits per heavy atom. The first-order chi connectivity index (χ1) is 16.3. The SMILES string of the molecule is Cc1ccc(-c2ccc(Oc3cc(COP(=O)(N4CC4)N4CC4)ccc3[N+](=O)[O-])cn2)c(F)c1. The first kappa shape index (κ1) is 22.6. The molecule has 0 amide bonds. The molecule has 0 saturated carbocycles. The van der Waals surface area contributed by atoms with Crippen molar-refractivity contribution in [2.24, 2.45) is 0 Å². The van der Waals surface area contributed by atoms with E-state index >= 15 is 0 Å². The lowest BCUT2D eigenvalue weighted by atomic mass is 10.1. The van der Waals surface area contributed by atoms with Gasteiger partial charge in [-0.2, -0.15) is 0 Å². The van der Waals surface area contributed by atoms with Crippen molar-refractivity contribution >= 4 is 13.4 Å². The molecule has 3 heterocycles. The number of rotatable bonds is 9. The third-order valence-electron chi connectivity index (χ3n) is 5.55. The summed E-state index contributed by atoms with van der Waals surface area (Å²) in [5, 5.41) is 11.5. The number of aryl methyl sites for hydroxylation is 1. The van der Waals surface area contributed by atoms with Crippen molar-refractivity contribution in [1.29, 1.82) is 0 Å². The normalized spacial score (nSPS) is 15.8. The van der Waals surface area contributed by atoms with E-state index in [0.29, 0.717) is 16.8 Å². The van der Waals surface area contributed by atoms with Crippen LogP contribution in [0.4, 0.5) is 10.1 Å². The van der Waals surface area contributed by atoms with Gasteiger partial charge in [-0.15, -0.1) is 0 Å². The monoisotopic (exact) mass is 484 g/mol. The number of pyridine rings is 1. The fraction of sp³-hybridized carbons (Fsp3) is 0.261. The predicted molar refractivity (Wildman–Crippen MR) is 123 cm³/mol. The fourth-order valence-electron chi connectivity index (χ4n) is 3.53. The molecule has 0 atom stereocenters. The number of ether oxygens (including phenoxy) is 1. The quantitative estimate of drug-likeness (QED) is 0.178. The van der Waals surface area contributed by atoms with Crippen LogP contribution < -0.4 is 4.74 Å². The number of nitro benzene ring substituents is 1. The molecule has 0 spiro atoms. The Bertz CT molecular complexity index is 1280. The van der Waals surface area contributed by atoms with Crippen molar-refractivity contribution in [1.82, 2.24) is 14.3 Å². The number of hydrogen-bond acceptors (Lipinski definition) is 6. The smallest absolute Gasteiger partial charge is 0.346 e. The van der Waals surface area contributed by atoms with Crippen LogP contribution in [0.3, 0.4) is 0 Å². The second-order valence-electron chi connectivity index (χ2n) is 8.20. The van der Waals surface area contributed by atoms with Crippen molar-refractivity contribution in [3.63, 3.8) is 0 Å². The fourth-order valence-corrected chi connectivity index (χ4v) is 5.72. The van der Waals surface area contributed by atoms with E-state index in [1.165, 1.54) is 24.4 Å². The van der Waals surface area contributed by atoms with Crippen LogP contribution in [0.1, 0.15) is 11.1 Å². The zero-order chi connectivity index (χ0) is 23.9. The molecule has 2 saturated heterocycles. The number of nitrogens with zero attached hydrogens (tertiary/aromatic N) is 4. The van der Waals surface area contributed by atoms with Gasteiger partial charge in [0.25, 0.3) is 0 Å². The topological polar surface area (TPSA) is 97.6 Å². The van der Waals surface area contributed by atoms with Gasteiger partial charge in [-0.1, -0.05) is 6.07 Å². The summed E-state index contributed by atoms with van der Waals surface area (Å²) in [4.78, 5) is 15.2. The zero-order valence-electron chi connectivity index (χ0n) is 18.4. The third kappa shape index (κ3) is 4.71. The van der Waals surface area contributed by atoms with E-state index in [1.807, 2.05) is 0 Å². The van der Waals surface area contributed by atoms with Gasteiger partial charge in [-0.3, -0.25) is 19.7 Å². The molecule has 2 aliphatic rings. The van der Waals surface area contributed by atoms with Crippen molar-refractivity contribution in [3.8, 4) is 22.8 Å². The van der Waals surface area contributed by atoms with Crippen LogP contribution in [0.2, 0.25) is 0 Å². The predicted octanol–water partition coefficient (Wildman–Crippen LogP) is 5.15. The van der Waals surface area contributed by atoms with Gasteiger partial charge in [0.2, 0.25) is 5.75 Å². The lowest BCUT2D eigenvalue weighted by Crippen LogP contribution is -2.08. The number of hydrogen-bond donors (Lipinski definition) is 0. The van der Waals surface area contributed by atoms with E-state index in [1.54, 1.807) is 46.6 Å². The van der Waals surface area contributed by atoms with Crippen LogP contribution in [0.5, 0.6) is 11.5 Å². The zero-order valence-corrected chi connectivity index (χ0v) is 19.3. The Hall–Kier alpha value is -3.17. The maximum absolute atomic E-state index is 14.2. The van der Waals surface area contributed by atoms with Crippen LogP contribution >= 0.6 is 7.67 Å². The van der Waals surface area contributed by atoms with Gasteiger partial charge < -0.3 is 9.26 Å². The molecule has 2 fully saturated rings. The molecule has 2 aliphatic heterocycles. The lowest BCUT2D eigenvalue weighted by Gasteiger charge is -2.19. The Balaban J connectivity index is 1.35. The standard InChI is InChI=1S/C23H22FN4O5P/c1-16-2-5-19(20(24)12-16)21-6-4-18(14-25-21)33-23-13-17(3-7-22(23)28(29)30)15-32-34(31,26-8-9-26)27-10-11-27/h2-7,12-14H,8-11,15H2,1H3. The van der Waals surface area contributed by atoms with Crippen molar-refractivity contribution in [2.75, 3.05) is 26.2 Å². The molecular formula is C23H22FN4O5P. The van der Waals surface area contributed by atoms with Gasteiger partial charge in [-0.05, 0) is 54.4 Å². The maximum Gasteiger partial charge on any atom is 0.346 e. The number of benzene rings is 2. The number of nitro groups is 1. The van der Waals surface area contributed by atoms with E-state index in [-0.39, 0.29) is 29.6 Å². The van der Waals surface area contributed by atoms with Crippen molar-refractivity contribution in [2.45, 2.75) is 13.5 Å². The molecule has 176 valence electrons. The molecule has 9 nitrogen and oxygen atoms in total. The average Bonchev–Trinajstić information content (AvgIpc) is 3.71. The first-order valence-corrected chi connectivity index (χ1v) is 12.3. The summed E-state index contributed by atoms with van der Waals surface area (Å²) in [5.41, 5.74) is 1.94. The highest BCUT2D eigenvalue weighted by atomic mass is 31.2. The first-order valence-electron chi connectivity index (χ1n) is 10.8. The average molecular weight is 484 g/mol. The van der Waals surface area contributed by atoms with E-state index < -0.39 is 12.6 Å². The highest BCUT2D eigenvalue weighted by Crippen LogP contribution is 2.61. The molecule has 5 rings (SSSR count). The molecule has 0 bridgehead atoms. The minimum Gasteiger partial charge on any atom is -0.448 e. The van der Waals surface area contributed by atoms with Crippen molar-refractivity contribution in [3.05, 3.63) is 81.8 Å². The highest BCUT2D eigenvalue weighted by molar-refractivity contribution is 7.54. The molecule has 0 radical (unpaired) electrons. The maximum atomic E-state index is 14.2. The van der Waals surface area contributed by atoms with Gasteiger partial charge in [0.1, 0.15) is 11.6 Å². The van der Waals surface area contributed by atoms with Gasteiger partial charge in [0.15, 0.2) is 0 Å². The Morgan fingerprint density at radius 3 is 2.41 bits per heavy atom.